The number of carbonyl (C=O) groups excluding carboxylic acids is 1. The van der Waals surface area contributed by atoms with Crippen molar-refractivity contribution in [2.24, 2.45) is 0 Å². The topological polar surface area (TPSA) is 59.3 Å². The molecule has 1 amide bonds. The molecule has 0 saturated carbocycles. The third-order valence-electron chi connectivity index (χ3n) is 5.20. The average Bonchev–Trinajstić information content (AvgIpc) is 2.69. The van der Waals surface area contributed by atoms with E-state index in [2.05, 4.69) is 50.4 Å². The van der Waals surface area contributed by atoms with Gasteiger partial charge < -0.3 is 9.73 Å². The Labute approximate surface area is 175 Å². The first-order chi connectivity index (χ1) is 13.9. The second kappa shape index (κ2) is 9.31. The number of rotatable bonds is 7. The van der Waals surface area contributed by atoms with Crippen LogP contribution in [0.3, 0.4) is 0 Å². The lowest BCUT2D eigenvalue weighted by Gasteiger charge is -2.15. The van der Waals surface area contributed by atoms with Gasteiger partial charge in [-0.3, -0.25) is 4.79 Å². The standard InChI is InChI=1S/C24H27NO3S/c1-5-18-7-9-21-20(12-24(27)28-22(21)11-18)13-29-14-23(26)25-17(4)19-8-6-15(2)16(3)10-19/h6-12,17H,5,13-14H2,1-4H3,(H,25,26)/t17-/m0/s1. The maximum Gasteiger partial charge on any atom is 0.336 e. The number of benzene rings is 2. The minimum absolute atomic E-state index is 0.0127. The molecule has 0 unspecified atom stereocenters. The Hall–Kier alpha value is -2.53. The number of thioether (sulfide) groups is 1. The van der Waals surface area contributed by atoms with Crippen LogP contribution in [0.2, 0.25) is 0 Å². The molecule has 4 nitrogen and oxygen atoms in total. The molecule has 0 aliphatic rings. The number of hydrogen-bond donors (Lipinski definition) is 1. The minimum Gasteiger partial charge on any atom is -0.423 e. The molecular formula is C24H27NO3S. The molecule has 0 aliphatic carbocycles. The summed E-state index contributed by atoms with van der Waals surface area (Å²) >= 11 is 1.50. The number of nitrogens with one attached hydrogen (secondary N) is 1. The Morgan fingerprint density at radius 2 is 1.90 bits per heavy atom. The fourth-order valence-corrected chi connectivity index (χ4v) is 4.10. The van der Waals surface area contributed by atoms with Gasteiger partial charge in [-0.25, -0.2) is 4.79 Å². The van der Waals surface area contributed by atoms with E-state index in [0.717, 1.165) is 28.5 Å². The molecule has 0 saturated heterocycles. The molecule has 0 fully saturated rings. The summed E-state index contributed by atoms with van der Waals surface area (Å²) in [6.45, 7) is 8.22. The molecule has 0 bridgehead atoms. The Morgan fingerprint density at radius 3 is 2.62 bits per heavy atom. The summed E-state index contributed by atoms with van der Waals surface area (Å²) in [6.07, 6.45) is 0.886. The normalized spacial score (nSPS) is 12.1. The molecule has 3 rings (SSSR count). The van der Waals surface area contributed by atoms with Crippen molar-refractivity contribution in [3.8, 4) is 0 Å². The predicted octanol–water partition coefficient (Wildman–Crippen LogP) is 5.08. The van der Waals surface area contributed by atoms with Gasteiger partial charge in [-0.2, -0.15) is 0 Å². The molecule has 1 atom stereocenters. The van der Waals surface area contributed by atoms with Crippen molar-refractivity contribution in [3.63, 3.8) is 0 Å². The summed E-state index contributed by atoms with van der Waals surface area (Å²) in [5, 5.41) is 3.98. The Bertz CT molecular complexity index is 1090. The highest BCUT2D eigenvalue weighted by atomic mass is 32.2. The van der Waals surface area contributed by atoms with Crippen LogP contribution in [0.4, 0.5) is 0 Å². The van der Waals surface area contributed by atoms with Crippen molar-refractivity contribution in [3.05, 3.63) is 80.7 Å². The highest BCUT2D eigenvalue weighted by Crippen LogP contribution is 2.23. The second-order valence-electron chi connectivity index (χ2n) is 7.40. The Kier molecular flexibility index (Phi) is 6.80. The van der Waals surface area contributed by atoms with Crippen LogP contribution in [0.5, 0.6) is 0 Å². The van der Waals surface area contributed by atoms with Gasteiger partial charge in [-0.15, -0.1) is 11.8 Å². The van der Waals surface area contributed by atoms with E-state index in [9.17, 15) is 9.59 Å². The van der Waals surface area contributed by atoms with Crippen LogP contribution >= 0.6 is 11.8 Å². The van der Waals surface area contributed by atoms with Crippen LogP contribution in [-0.2, 0) is 17.0 Å². The van der Waals surface area contributed by atoms with E-state index >= 15 is 0 Å². The first-order valence-corrected chi connectivity index (χ1v) is 11.0. The Morgan fingerprint density at radius 1 is 1.10 bits per heavy atom. The summed E-state index contributed by atoms with van der Waals surface area (Å²) in [7, 11) is 0. The van der Waals surface area contributed by atoms with Gasteiger partial charge in [-0.05, 0) is 61.1 Å². The maximum atomic E-state index is 12.4. The molecule has 3 aromatic rings. The molecule has 0 spiro atoms. The molecule has 1 heterocycles. The van der Waals surface area contributed by atoms with E-state index in [4.69, 9.17) is 4.42 Å². The first-order valence-electron chi connectivity index (χ1n) is 9.87. The zero-order valence-corrected chi connectivity index (χ0v) is 18.2. The smallest absolute Gasteiger partial charge is 0.336 e. The highest BCUT2D eigenvalue weighted by Gasteiger charge is 2.12. The lowest BCUT2D eigenvalue weighted by atomic mass is 10.0. The number of hydrogen-bond acceptors (Lipinski definition) is 4. The summed E-state index contributed by atoms with van der Waals surface area (Å²) < 4.78 is 5.35. The molecule has 152 valence electrons. The second-order valence-corrected chi connectivity index (χ2v) is 8.39. The van der Waals surface area contributed by atoms with Gasteiger partial charge in [0.2, 0.25) is 5.91 Å². The van der Waals surface area contributed by atoms with E-state index in [0.29, 0.717) is 17.1 Å². The molecular weight excluding hydrogens is 382 g/mol. The van der Waals surface area contributed by atoms with Gasteiger partial charge in [-0.1, -0.05) is 37.3 Å². The van der Waals surface area contributed by atoms with Crippen LogP contribution < -0.4 is 10.9 Å². The van der Waals surface area contributed by atoms with Gasteiger partial charge in [0, 0.05) is 17.2 Å². The van der Waals surface area contributed by atoms with E-state index in [1.807, 2.05) is 19.1 Å². The summed E-state index contributed by atoms with van der Waals surface area (Å²) in [5.74, 6) is 0.907. The zero-order valence-electron chi connectivity index (χ0n) is 17.4. The minimum atomic E-state index is -0.353. The van der Waals surface area contributed by atoms with E-state index in [1.165, 1.54) is 29.0 Å². The molecule has 2 aromatic carbocycles. The third-order valence-corrected chi connectivity index (χ3v) is 6.18. The van der Waals surface area contributed by atoms with E-state index in [1.54, 1.807) is 0 Å². The quantitative estimate of drug-likeness (QED) is 0.553. The average molecular weight is 410 g/mol. The molecule has 1 N–H and O–H groups in total. The van der Waals surface area contributed by atoms with Crippen molar-refractivity contribution < 1.29 is 9.21 Å². The van der Waals surface area contributed by atoms with Gasteiger partial charge in [0.1, 0.15) is 5.58 Å². The van der Waals surface area contributed by atoms with Crippen LogP contribution in [0.15, 0.2) is 51.7 Å². The van der Waals surface area contributed by atoms with E-state index < -0.39 is 0 Å². The fraction of sp³-hybridized carbons (Fsp3) is 0.333. The van der Waals surface area contributed by atoms with Gasteiger partial charge in [0.25, 0.3) is 0 Å². The fourth-order valence-electron chi connectivity index (χ4n) is 3.27. The van der Waals surface area contributed by atoms with Crippen LogP contribution in [0, 0.1) is 13.8 Å². The highest BCUT2D eigenvalue weighted by molar-refractivity contribution is 7.99. The summed E-state index contributed by atoms with van der Waals surface area (Å²) in [6, 6.07) is 13.7. The third kappa shape index (κ3) is 5.30. The lowest BCUT2D eigenvalue weighted by Crippen LogP contribution is -2.28. The van der Waals surface area contributed by atoms with Gasteiger partial charge in [0.15, 0.2) is 0 Å². The van der Waals surface area contributed by atoms with Crippen molar-refractivity contribution in [1.82, 2.24) is 5.32 Å². The van der Waals surface area contributed by atoms with Crippen molar-refractivity contribution in [2.75, 3.05) is 5.75 Å². The first kappa shape index (κ1) is 21.2. The SMILES string of the molecule is CCc1ccc2c(CSCC(=O)N[C@@H](C)c3ccc(C)c(C)c3)cc(=O)oc2c1. The van der Waals surface area contributed by atoms with Crippen molar-refractivity contribution in [1.29, 1.82) is 0 Å². The van der Waals surface area contributed by atoms with E-state index in [-0.39, 0.29) is 17.6 Å². The number of carbonyl (C=O) groups is 1. The van der Waals surface area contributed by atoms with Gasteiger partial charge in [0.05, 0.1) is 11.8 Å². The monoisotopic (exact) mass is 409 g/mol. The molecule has 1 aromatic heterocycles. The molecule has 0 aliphatic heterocycles. The van der Waals surface area contributed by atoms with Gasteiger partial charge >= 0.3 is 5.63 Å². The van der Waals surface area contributed by atoms with Crippen LogP contribution in [0.25, 0.3) is 11.0 Å². The van der Waals surface area contributed by atoms with Crippen LogP contribution in [-0.4, -0.2) is 11.7 Å². The molecule has 29 heavy (non-hydrogen) atoms. The zero-order chi connectivity index (χ0) is 21.0. The lowest BCUT2D eigenvalue weighted by molar-refractivity contribution is -0.119. The molecule has 5 heteroatoms. The largest absolute Gasteiger partial charge is 0.423 e. The number of aryl methyl sites for hydroxylation is 3. The Balaban J connectivity index is 1.61. The summed E-state index contributed by atoms with van der Waals surface area (Å²) in [5.41, 5.74) is 5.86. The molecule has 0 radical (unpaired) electrons. The van der Waals surface area contributed by atoms with Crippen molar-refractivity contribution >= 4 is 28.6 Å². The summed E-state index contributed by atoms with van der Waals surface area (Å²) in [4.78, 5) is 24.3. The predicted molar refractivity (Wildman–Crippen MR) is 120 cm³/mol. The number of fused-ring (bicyclic) bond motifs is 1. The number of amides is 1. The van der Waals surface area contributed by atoms with Crippen LogP contribution in [0.1, 0.15) is 47.7 Å². The maximum absolute atomic E-state index is 12.4. The van der Waals surface area contributed by atoms with Crippen molar-refractivity contribution in [2.45, 2.75) is 45.9 Å².